The fourth-order valence-electron chi connectivity index (χ4n) is 3.33. The van der Waals surface area contributed by atoms with Crippen molar-refractivity contribution in [3.8, 4) is 17.2 Å². The number of tetrazole rings is 1. The average Bonchev–Trinajstić information content (AvgIpc) is 3.53. The molecule has 150 valence electrons. The molecule has 9 nitrogen and oxygen atoms in total. The summed E-state index contributed by atoms with van der Waals surface area (Å²) < 4.78 is 4.74. The number of rotatable bonds is 6. The summed E-state index contributed by atoms with van der Waals surface area (Å²) in [7, 11) is 0. The molecule has 5 rings (SSSR count). The summed E-state index contributed by atoms with van der Waals surface area (Å²) in [5.41, 5.74) is 4.92. The molecule has 0 radical (unpaired) electrons. The van der Waals surface area contributed by atoms with E-state index in [1.165, 1.54) is 0 Å². The number of hydrogen-bond acceptors (Lipinski definition) is 6. The zero-order valence-corrected chi connectivity index (χ0v) is 17.7. The van der Waals surface area contributed by atoms with E-state index < -0.39 is 0 Å². The zero-order chi connectivity index (χ0) is 20.5. The molecule has 0 atom stereocenters. The maximum absolute atomic E-state index is 4.63. The fourth-order valence-corrected chi connectivity index (χ4v) is 3.68. The standard InChI is InChI=1S/C20H18BrN9/c1-2-14-10-18(30-20(24-14)16(21)12-23-30)22-11-13-5-7-15(8-6-13)29-9-3-4-17(29)19-25-27-28-26-19/h3-10,12,22H,2,11H2,1H3,(H,25,26,27,28). The van der Waals surface area contributed by atoms with E-state index in [9.17, 15) is 0 Å². The first-order valence-corrected chi connectivity index (χ1v) is 10.3. The average molecular weight is 464 g/mol. The summed E-state index contributed by atoms with van der Waals surface area (Å²) in [5, 5.41) is 22.0. The molecule has 10 heteroatoms. The van der Waals surface area contributed by atoms with Gasteiger partial charge in [0, 0.05) is 30.2 Å². The Hall–Kier alpha value is -3.53. The highest BCUT2D eigenvalue weighted by Crippen LogP contribution is 2.22. The number of aromatic amines is 1. The molecule has 1 aromatic carbocycles. The van der Waals surface area contributed by atoms with Gasteiger partial charge in [0.25, 0.3) is 0 Å². The van der Waals surface area contributed by atoms with Crippen molar-refractivity contribution in [1.82, 2.24) is 39.8 Å². The Morgan fingerprint density at radius 3 is 2.80 bits per heavy atom. The van der Waals surface area contributed by atoms with Gasteiger partial charge < -0.3 is 9.88 Å². The van der Waals surface area contributed by atoms with Crippen molar-refractivity contribution in [2.24, 2.45) is 0 Å². The maximum Gasteiger partial charge on any atom is 0.196 e. The number of anilines is 1. The van der Waals surface area contributed by atoms with Gasteiger partial charge in [-0.2, -0.15) is 9.61 Å². The van der Waals surface area contributed by atoms with E-state index in [-0.39, 0.29) is 0 Å². The molecule has 4 aromatic heterocycles. The highest BCUT2D eigenvalue weighted by Gasteiger charge is 2.11. The van der Waals surface area contributed by atoms with Crippen LogP contribution in [0.4, 0.5) is 5.82 Å². The molecule has 0 aliphatic rings. The summed E-state index contributed by atoms with van der Waals surface area (Å²) in [6.07, 6.45) is 4.61. The molecule has 0 spiro atoms. The Labute approximate surface area is 180 Å². The largest absolute Gasteiger partial charge is 0.366 e. The number of nitrogens with one attached hydrogen (secondary N) is 2. The van der Waals surface area contributed by atoms with Gasteiger partial charge in [0.05, 0.1) is 16.4 Å². The first kappa shape index (κ1) is 18.5. The third-order valence-corrected chi connectivity index (χ3v) is 5.43. The minimum Gasteiger partial charge on any atom is -0.366 e. The van der Waals surface area contributed by atoms with Crippen molar-refractivity contribution in [3.63, 3.8) is 0 Å². The van der Waals surface area contributed by atoms with E-state index in [2.05, 4.69) is 83.1 Å². The Morgan fingerprint density at radius 1 is 1.17 bits per heavy atom. The SMILES string of the molecule is CCc1cc(NCc2ccc(-n3cccc3-c3nnn[nH]3)cc2)n2ncc(Br)c2n1. The predicted molar refractivity (Wildman–Crippen MR) is 116 cm³/mol. The third-order valence-electron chi connectivity index (χ3n) is 4.87. The molecule has 0 aliphatic carbocycles. The molecular weight excluding hydrogens is 446 g/mol. The van der Waals surface area contributed by atoms with Crippen LogP contribution in [0.15, 0.2) is 59.3 Å². The molecule has 0 unspecified atom stereocenters. The molecule has 0 saturated carbocycles. The minimum absolute atomic E-state index is 0.629. The smallest absolute Gasteiger partial charge is 0.196 e. The molecule has 0 bridgehead atoms. The van der Waals surface area contributed by atoms with E-state index in [0.717, 1.165) is 45.0 Å². The lowest BCUT2D eigenvalue weighted by Gasteiger charge is -2.11. The normalized spacial score (nSPS) is 11.3. The summed E-state index contributed by atoms with van der Waals surface area (Å²) in [5.74, 6) is 1.54. The molecule has 5 aromatic rings. The topological polar surface area (TPSA) is 102 Å². The van der Waals surface area contributed by atoms with E-state index in [4.69, 9.17) is 0 Å². The van der Waals surface area contributed by atoms with Crippen molar-refractivity contribution in [2.75, 3.05) is 5.32 Å². The van der Waals surface area contributed by atoms with Crippen molar-refractivity contribution in [2.45, 2.75) is 19.9 Å². The van der Waals surface area contributed by atoms with Gasteiger partial charge in [-0.25, -0.2) is 10.1 Å². The highest BCUT2D eigenvalue weighted by atomic mass is 79.9. The number of benzene rings is 1. The number of aromatic nitrogens is 8. The lowest BCUT2D eigenvalue weighted by molar-refractivity contribution is 0.881. The van der Waals surface area contributed by atoms with Crippen molar-refractivity contribution in [1.29, 1.82) is 0 Å². The van der Waals surface area contributed by atoms with Crippen LogP contribution in [0, 0.1) is 0 Å². The molecule has 0 saturated heterocycles. The summed E-state index contributed by atoms with van der Waals surface area (Å²) in [6.45, 7) is 2.76. The number of fused-ring (bicyclic) bond motifs is 1. The number of aryl methyl sites for hydroxylation is 1. The van der Waals surface area contributed by atoms with Gasteiger partial charge in [-0.05, 0) is 62.6 Å². The van der Waals surface area contributed by atoms with Crippen LogP contribution in [0.5, 0.6) is 0 Å². The summed E-state index contributed by atoms with van der Waals surface area (Å²) in [4.78, 5) is 4.63. The van der Waals surface area contributed by atoms with Crippen LogP contribution >= 0.6 is 15.9 Å². The Bertz CT molecular complexity index is 1290. The van der Waals surface area contributed by atoms with E-state index in [0.29, 0.717) is 12.4 Å². The zero-order valence-electron chi connectivity index (χ0n) is 16.1. The molecule has 4 heterocycles. The monoisotopic (exact) mass is 463 g/mol. The van der Waals surface area contributed by atoms with E-state index in [1.807, 2.05) is 33.5 Å². The molecule has 0 aliphatic heterocycles. The van der Waals surface area contributed by atoms with Crippen LogP contribution in [0.25, 0.3) is 22.9 Å². The summed E-state index contributed by atoms with van der Waals surface area (Å²) >= 11 is 3.52. The fraction of sp³-hybridized carbons (Fsp3) is 0.150. The molecule has 0 fully saturated rings. The Kier molecular flexibility index (Phi) is 4.75. The lowest BCUT2D eigenvalue weighted by Crippen LogP contribution is -2.07. The molecular formula is C20H18BrN9. The Morgan fingerprint density at radius 2 is 2.03 bits per heavy atom. The van der Waals surface area contributed by atoms with Crippen LogP contribution in [0.1, 0.15) is 18.2 Å². The maximum atomic E-state index is 4.63. The van der Waals surface area contributed by atoms with Gasteiger partial charge in [-0.1, -0.05) is 19.1 Å². The Balaban J connectivity index is 1.37. The second-order valence-electron chi connectivity index (χ2n) is 6.75. The van der Waals surface area contributed by atoms with Gasteiger partial charge in [0.15, 0.2) is 11.5 Å². The van der Waals surface area contributed by atoms with E-state index >= 15 is 0 Å². The van der Waals surface area contributed by atoms with Crippen molar-refractivity contribution < 1.29 is 0 Å². The van der Waals surface area contributed by atoms with Crippen LogP contribution in [0.3, 0.4) is 0 Å². The van der Waals surface area contributed by atoms with Gasteiger partial charge in [0.2, 0.25) is 0 Å². The van der Waals surface area contributed by atoms with Crippen molar-refractivity contribution >= 4 is 27.4 Å². The number of hydrogen-bond donors (Lipinski definition) is 2. The number of H-pyrrole nitrogens is 1. The van der Waals surface area contributed by atoms with Gasteiger partial charge in [0.1, 0.15) is 5.82 Å². The van der Waals surface area contributed by atoms with Crippen LogP contribution in [-0.4, -0.2) is 39.8 Å². The molecule has 2 N–H and O–H groups in total. The minimum atomic E-state index is 0.629. The second-order valence-corrected chi connectivity index (χ2v) is 7.60. The number of halogens is 1. The van der Waals surface area contributed by atoms with Crippen LogP contribution in [-0.2, 0) is 13.0 Å². The third kappa shape index (κ3) is 3.35. The first-order valence-electron chi connectivity index (χ1n) is 9.50. The first-order chi connectivity index (χ1) is 14.7. The van der Waals surface area contributed by atoms with Gasteiger partial charge in [-0.15, -0.1) is 5.10 Å². The van der Waals surface area contributed by atoms with Crippen molar-refractivity contribution in [3.05, 3.63) is 70.6 Å². The van der Waals surface area contributed by atoms with Crippen LogP contribution < -0.4 is 5.32 Å². The quantitative estimate of drug-likeness (QED) is 0.398. The summed E-state index contributed by atoms with van der Waals surface area (Å²) in [6, 6.07) is 14.3. The van der Waals surface area contributed by atoms with Gasteiger partial charge >= 0.3 is 0 Å². The van der Waals surface area contributed by atoms with Gasteiger partial charge in [-0.3, -0.25) is 0 Å². The van der Waals surface area contributed by atoms with Crippen LogP contribution in [0.2, 0.25) is 0 Å². The molecule has 30 heavy (non-hydrogen) atoms. The molecule has 0 amide bonds. The van der Waals surface area contributed by atoms with E-state index in [1.54, 1.807) is 6.20 Å². The second kappa shape index (κ2) is 7.71. The highest BCUT2D eigenvalue weighted by molar-refractivity contribution is 9.10. The number of nitrogens with zero attached hydrogens (tertiary/aromatic N) is 7. The predicted octanol–water partition coefficient (Wildman–Crippen LogP) is 3.64. The lowest BCUT2D eigenvalue weighted by atomic mass is 10.2.